The minimum atomic E-state index is 0.719. The lowest BCUT2D eigenvalue weighted by molar-refractivity contribution is 0.592. The first kappa shape index (κ1) is 13.6. The summed E-state index contributed by atoms with van der Waals surface area (Å²) in [4.78, 5) is 0. The molecule has 0 saturated heterocycles. The Labute approximate surface area is 94.5 Å². The van der Waals surface area contributed by atoms with Crippen molar-refractivity contribution >= 4 is 22.6 Å². The fraction of sp³-hybridized carbons (Fsp3) is 1.00. The van der Waals surface area contributed by atoms with Crippen molar-refractivity contribution in [3.05, 3.63) is 0 Å². The van der Waals surface area contributed by atoms with Gasteiger partial charge in [0, 0.05) is 50.2 Å². The molecule has 0 rings (SSSR count). The molecule has 0 unspecified atom stereocenters. The predicted molar refractivity (Wildman–Crippen MR) is 66.6 cm³/mol. The van der Waals surface area contributed by atoms with Crippen molar-refractivity contribution in [1.29, 1.82) is 0 Å². The first-order chi connectivity index (χ1) is 6.41. The molecule has 0 aromatic heterocycles. The zero-order valence-electron chi connectivity index (χ0n) is 8.11. The fourth-order valence-corrected chi connectivity index (χ4v) is 1.28. The summed E-state index contributed by atoms with van der Waals surface area (Å²) in [6, 6.07) is 0. The van der Waals surface area contributed by atoms with Gasteiger partial charge in [0.15, 0.2) is 0 Å². The largest absolute Gasteiger partial charge is 0.329 e. The van der Waals surface area contributed by atoms with Crippen LogP contribution in [0.5, 0.6) is 0 Å². The predicted octanol–water partition coefficient (Wildman–Crippen LogP) is -0.851. The highest BCUT2D eigenvalue weighted by atomic mass is 127. The molecule has 0 spiro atoms. The molecule has 0 atom stereocenters. The zero-order chi connectivity index (χ0) is 9.78. The van der Waals surface area contributed by atoms with Gasteiger partial charge in [0.2, 0.25) is 0 Å². The van der Waals surface area contributed by atoms with Crippen LogP contribution in [0.4, 0.5) is 0 Å². The van der Waals surface area contributed by atoms with Crippen molar-refractivity contribution in [2.24, 2.45) is 5.73 Å². The fourth-order valence-electron chi connectivity index (χ4n) is 0.897. The van der Waals surface area contributed by atoms with Crippen molar-refractivity contribution in [2.75, 3.05) is 50.2 Å². The molecule has 80 valence electrons. The lowest BCUT2D eigenvalue weighted by atomic mass is 10.5. The molecule has 13 heavy (non-hydrogen) atoms. The molecule has 0 amide bonds. The summed E-state index contributed by atoms with van der Waals surface area (Å²) in [5.74, 6) is 0. The van der Waals surface area contributed by atoms with Gasteiger partial charge in [0.05, 0.1) is 0 Å². The summed E-state index contributed by atoms with van der Waals surface area (Å²) in [6.07, 6.45) is 0. The number of nitrogens with two attached hydrogens (primary N) is 1. The molecule has 0 aliphatic rings. The van der Waals surface area contributed by atoms with Gasteiger partial charge in [-0.05, 0) is 0 Å². The molecular weight excluding hydrogens is 279 g/mol. The van der Waals surface area contributed by atoms with E-state index in [0.29, 0.717) is 0 Å². The van der Waals surface area contributed by atoms with Crippen LogP contribution in [0.3, 0.4) is 0 Å². The van der Waals surface area contributed by atoms with E-state index in [4.69, 9.17) is 5.73 Å². The second-order valence-corrected chi connectivity index (χ2v) is 3.81. The van der Waals surface area contributed by atoms with Gasteiger partial charge < -0.3 is 21.7 Å². The Morgan fingerprint density at radius 2 is 1.23 bits per heavy atom. The summed E-state index contributed by atoms with van der Waals surface area (Å²) in [7, 11) is 0. The smallest absolute Gasteiger partial charge is 0.0121 e. The van der Waals surface area contributed by atoms with Gasteiger partial charge in [-0.2, -0.15) is 0 Å². The Morgan fingerprint density at radius 3 is 1.69 bits per heavy atom. The maximum Gasteiger partial charge on any atom is 0.0121 e. The lowest BCUT2D eigenvalue weighted by Gasteiger charge is -2.06. The van der Waals surface area contributed by atoms with E-state index in [1.54, 1.807) is 0 Å². The highest BCUT2D eigenvalue weighted by Gasteiger charge is 1.87. The van der Waals surface area contributed by atoms with Gasteiger partial charge in [0.25, 0.3) is 0 Å². The van der Waals surface area contributed by atoms with Gasteiger partial charge in [-0.3, -0.25) is 0 Å². The summed E-state index contributed by atoms with van der Waals surface area (Å²) in [5, 5.41) is 9.89. The second kappa shape index (κ2) is 12.6. The molecule has 0 aliphatic carbocycles. The number of alkyl halides is 1. The highest BCUT2D eigenvalue weighted by Crippen LogP contribution is 1.74. The molecule has 5 heteroatoms. The number of halogens is 1. The number of hydrogen-bond acceptors (Lipinski definition) is 4. The third kappa shape index (κ3) is 12.6. The topological polar surface area (TPSA) is 62.1 Å². The molecule has 0 saturated carbocycles. The molecular formula is C8H21IN4. The third-order valence-corrected chi connectivity index (χ3v) is 2.09. The van der Waals surface area contributed by atoms with Crippen molar-refractivity contribution in [3.63, 3.8) is 0 Å². The average Bonchev–Trinajstić information content (AvgIpc) is 2.16. The molecule has 0 aromatic carbocycles. The second-order valence-electron chi connectivity index (χ2n) is 2.73. The summed E-state index contributed by atoms with van der Waals surface area (Å²) < 4.78 is 1.18. The van der Waals surface area contributed by atoms with Crippen LogP contribution in [0.1, 0.15) is 0 Å². The van der Waals surface area contributed by atoms with Crippen molar-refractivity contribution in [1.82, 2.24) is 16.0 Å². The van der Waals surface area contributed by atoms with Gasteiger partial charge in [-0.1, -0.05) is 22.6 Å². The Kier molecular flexibility index (Phi) is 13.1. The molecule has 0 aromatic rings. The number of hydrogen-bond donors (Lipinski definition) is 4. The molecule has 0 fully saturated rings. The zero-order valence-corrected chi connectivity index (χ0v) is 10.3. The molecule has 0 bridgehead atoms. The van der Waals surface area contributed by atoms with Crippen molar-refractivity contribution in [3.8, 4) is 0 Å². The Morgan fingerprint density at radius 1 is 0.769 bits per heavy atom. The average molecular weight is 300 g/mol. The molecule has 0 radical (unpaired) electrons. The van der Waals surface area contributed by atoms with E-state index in [1.807, 2.05) is 0 Å². The molecule has 0 aliphatic heterocycles. The maximum absolute atomic E-state index is 5.33. The van der Waals surface area contributed by atoms with Gasteiger partial charge >= 0.3 is 0 Å². The van der Waals surface area contributed by atoms with Gasteiger partial charge in [0.1, 0.15) is 0 Å². The van der Waals surface area contributed by atoms with Crippen LogP contribution in [0, 0.1) is 0 Å². The highest BCUT2D eigenvalue weighted by molar-refractivity contribution is 14.1. The van der Waals surface area contributed by atoms with Gasteiger partial charge in [-0.15, -0.1) is 0 Å². The van der Waals surface area contributed by atoms with Crippen LogP contribution >= 0.6 is 22.6 Å². The van der Waals surface area contributed by atoms with E-state index in [-0.39, 0.29) is 0 Å². The summed E-state index contributed by atoms with van der Waals surface area (Å²) in [6.45, 7) is 6.86. The standard InChI is InChI=1S/C8H21IN4/c9-1-3-11-5-7-13-8-6-12-4-2-10/h11-13H,1-8,10H2. The van der Waals surface area contributed by atoms with E-state index in [1.165, 1.54) is 4.43 Å². The van der Waals surface area contributed by atoms with Crippen LogP contribution in [-0.2, 0) is 0 Å². The van der Waals surface area contributed by atoms with Crippen molar-refractivity contribution < 1.29 is 0 Å². The minimum Gasteiger partial charge on any atom is -0.329 e. The van der Waals surface area contributed by atoms with Crippen molar-refractivity contribution in [2.45, 2.75) is 0 Å². The number of nitrogens with one attached hydrogen (secondary N) is 3. The number of rotatable bonds is 10. The van der Waals surface area contributed by atoms with Crippen LogP contribution in [0.2, 0.25) is 0 Å². The Hall–Kier alpha value is 0.570. The van der Waals surface area contributed by atoms with Crippen LogP contribution in [0.25, 0.3) is 0 Å². The minimum absolute atomic E-state index is 0.719. The quantitative estimate of drug-likeness (QED) is 0.241. The normalized spacial score (nSPS) is 10.6. The van der Waals surface area contributed by atoms with Crippen LogP contribution in [-0.4, -0.2) is 50.2 Å². The van der Waals surface area contributed by atoms with E-state index in [9.17, 15) is 0 Å². The van der Waals surface area contributed by atoms with E-state index < -0.39 is 0 Å². The monoisotopic (exact) mass is 300 g/mol. The lowest BCUT2D eigenvalue weighted by Crippen LogP contribution is -2.34. The molecule has 0 heterocycles. The SMILES string of the molecule is NCCNCCNCCNCCI. The summed E-state index contributed by atoms with van der Waals surface area (Å²) >= 11 is 2.37. The summed E-state index contributed by atoms with van der Waals surface area (Å²) in [5.41, 5.74) is 5.33. The van der Waals surface area contributed by atoms with E-state index in [0.717, 1.165) is 45.8 Å². The third-order valence-electron chi connectivity index (χ3n) is 1.55. The Bertz CT molecular complexity index is 82.2. The molecule has 4 nitrogen and oxygen atoms in total. The van der Waals surface area contributed by atoms with Crippen LogP contribution in [0.15, 0.2) is 0 Å². The van der Waals surface area contributed by atoms with Gasteiger partial charge in [-0.25, -0.2) is 0 Å². The van der Waals surface area contributed by atoms with Crippen LogP contribution < -0.4 is 21.7 Å². The first-order valence-electron chi connectivity index (χ1n) is 4.80. The Balaban J connectivity index is 2.76. The van der Waals surface area contributed by atoms with E-state index in [2.05, 4.69) is 38.5 Å². The van der Waals surface area contributed by atoms with E-state index >= 15 is 0 Å². The molecule has 5 N–H and O–H groups in total. The maximum atomic E-state index is 5.33. The first-order valence-corrected chi connectivity index (χ1v) is 6.32.